The monoisotopic (exact) mass is 284 g/mol. The summed E-state index contributed by atoms with van der Waals surface area (Å²) in [6, 6.07) is 6.01. The summed E-state index contributed by atoms with van der Waals surface area (Å²) >= 11 is 11.9. The molecule has 2 aromatic rings. The Bertz CT molecular complexity index is 573. The van der Waals surface area contributed by atoms with Gasteiger partial charge in [-0.3, -0.25) is 0 Å². The van der Waals surface area contributed by atoms with Crippen LogP contribution in [-0.2, 0) is 12.8 Å². The zero-order valence-corrected chi connectivity index (χ0v) is 11.3. The van der Waals surface area contributed by atoms with Gasteiger partial charge in [-0.2, -0.15) is 0 Å². The molecule has 0 N–H and O–H groups in total. The van der Waals surface area contributed by atoms with Crippen molar-refractivity contribution in [3.05, 3.63) is 57.3 Å². The Hall–Kier alpha value is -1.19. The molecule has 1 aromatic carbocycles. The molecule has 0 radical (unpaired) electrons. The standard InChI is InChI=1S/C13H11Cl2FN2/c1-2-10-7-12(15)18-13(17-10)5-8-3-4-9(16)6-11(8)14/h3-4,6-7H,2,5H2,1H3. The van der Waals surface area contributed by atoms with Gasteiger partial charge in [0.2, 0.25) is 0 Å². The van der Waals surface area contributed by atoms with Crippen molar-refractivity contribution in [1.82, 2.24) is 9.97 Å². The molecule has 0 saturated heterocycles. The zero-order valence-electron chi connectivity index (χ0n) is 9.75. The molecule has 2 nitrogen and oxygen atoms in total. The first kappa shape index (κ1) is 13.2. The summed E-state index contributed by atoms with van der Waals surface area (Å²) in [7, 11) is 0. The van der Waals surface area contributed by atoms with E-state index in [2.05, 4.69) is 9.97 Å². The molecule has 0 bridgehead atoms. The summed E-state index contributed by atoms with van der Waals surface area (Å²) in [5.41, 5.74) is 1.66. The van der Waals surface area contributed by atoms with Crippen LogP contribution in [0.3, 0.4) is 0 Å². The second kappa shape index (κ2) is 5.63. The highest BCUT2D eigenvalue weighted by atomic mass is 35.5. The lowest BCUT2D eigenvalue weighted by Crippen LogP contribution is -2.01. The first-order valence-corrected chi connectivity index (χ1v) is 6.30. The average Bonchev–Trinajstić information content (AvgIpc) is 2.32. The molecule has 0 saturated carbocycles. The van der Waals surface area contributed by atoms with Crippen LogP contribution in [0.25, 0.3) is 0 Å². The molecule has 0 unspecified atom stereocenters. The highest BCUT2D eigenvalue weighted by molar-refractivity contribution is 6.31. The first-order valence-electron chi connectivity index (χ1n) is 5.54. The quantitative estimate of drug-likeness (QED) is 0.794. The van der Waals surface area contributed by atoms with Crippen molar-refractivity contribution in [2.45, 2.75) is 19.8 Å². The SMILES string of the molecule is CCc1cc(Cl)nc(Cc2ccc(F)cc2Cl)n1. The normalized spacial score (nSPS) is 10.7. The molecule has 0 amide bonds. The summed E-state index contributed by atoms with van der Waals surface area (Å²) in [4.78, 5) is 8.51. The summed E-state index contributed by atoms with van der Waals surface area (Å²) < 4.78 is 12.9. The van der Waals surface area contributed by atoms with E-state index >= 15 is 0 Å². The molecule has 0 fully saturated rings. The number of hydrogen-bond donors (Lipinski definition) is 0. The predicted octanol–water partition coefficient (Wildman–Crippen LogP) is 4.08. The number of benzene rings is 1. The van der Waals surface area contributed by atoms with Gasteiger partial charge in [-0.1, -0.05) is 36.2 Å². The Morgan fingerprint density at radius 3 is 2.61 bits per heavy atom. The van der Waals surface area contributed by atoms with Gasteiger partial charge in [0.15, 0.2) is 0 Å². The van der Waals surface area contributed by atoms with E-state index in [0.29, 0.717) is 22.4 Å². The summed E-state index contributed by atoms with van der Waals surface area (Å²) in [6.07, 6.45) is 1.22. The van der Waals surface area contributed by atoms with Crippen LogP contribution in [-0.4, -0.2) is 9.97 Å². The smallest absolute Gasteiger partial charge is 0.134 e. The van der Waals surface area contributed by atoms with Crippen molar-refractivity contribution in [3.63, 3.8) is 0 Å². The van der Waals surface area contributed by atoms with Gasteiger partial charge in [-0.15, -0.1) is 0 Å². The summed E-state index contributed by atoms with van der Waals surface area (Å²) in [5.74, 6) is 0.234. The second-order valence-electron chi connectivity index (χ2n) is 3.86. The van der Waals surface area contributed by atoms with Gasteiger partial charge in [0, 0.05) is 17.1 Å². The molecule has 94 valence electrons. The molecule has 0 aliphatic rings. The molecule has 5 heteroatoms. The third kappa shape index (κ3) is 3.18. The number of aryl methyl sites for hydroxylation is 1. The maximum Gasteiger partial charge on any atom is 0.134 e. The Balaban J connectivity index is 2.30. The fraction of sp³-hybridized carbons (Fsp3) is 0.231. The van der Waals surface area contributed by atoms with Crippen LogP contribution in [0.2, 0.25) is 10.2 Å². The third-order valence-electron chi connectivity index (χ3n) is 2.52. The van der Waals surface area contributed by atoms with E-state index in [9.17, 15) is 4.39 Å². The molecular formula is C13H11Cl2FN2. The van der Waals surface area contributed by atoms with Crippen LogP contribution in [0.5, 0.6) is 0 Å². The van der Waals surface area contributed by atoms with Gasteiger partial charge < -0.3 is 0 Å². The third-order valence-corrected chi connectivity index (χ3v) is 3.07. The molecule has 0 spiro atoms. The van der Waals surface area contributed by atoms with Crippen molar-refractivity contribution in [2.24, 2.45) is 0 Å². The van der Waals surface area contributed by atoms with Crippen LogP contribution >= 0.6 is 23.2 Å². The lowest BCUT2D eigenvalue weighted by atomic mass is 10.1. The van der Waals surface area contributed by atoms with E-state index < -0.39 is 0 Å². The van der Waals surface area contributed by atoms with Crippen LogP contribution in [0.15, 0.2) is 24.3 Å². The zero-order chi connectivity index (χ0) is 13.1. The fourth-order valence-corrected chi connectivity index (χ4v) is 2.07. The maximum absolute atomic E-state index is 12.9. The molecule has 0 aliphatic heterocycles. The van der Waals surface area contributed by atoms with Crippen molar-refractivity contribution in [3.8, 4) is 0 Å². The van der Waals surface area contributed by atoms with Crippen molar-refractivity contribution in [1.29, 1.82) is 0 Å². The van der Waals surface area contributed by atoms with Crippen LogP contribution in [0.1, 0.15) is 24.0 Å². The van der Waals surface area contributed by atoms with E-state index in [1.54, 1.807) is 12.1 Å². The fourth-order valence-electron chi connectivity index (χ4n) is 1.61. The lowest BCUT2D eigenvalue weighted by molar-refractivity contribution is 0.627. The molecule has 1 aromatic heterocycles. The number of hydrogen-bond acceptors (Lipinski definition) is 2. The first-order chi connectivity index (χ1) is 8.58. The van der Waals surface area contributed by atoms with Gasteiger partial charge in [0.1, 0.15) is 16.8 Å². The molecule has 18 heavy (non-hydrogen) atoms. The van der Waals surface area contributed by atoms with Crippen molar-refractivity contribution >= 4 is 23.2 Å². The Kier molecular flexibility index (Phi) is 4.15. The number of nitrogens with zero attached hydrogens (tertiary/aromatic N) is 2. The number of rotatable bonds is 3. The summed E-state index contributed by atoms with van der Waals surface area (Å²) in [6.45, 7) is 1.99. The average molecular weight is 285 g/mol. The van der Waals surface area contributed by atoms with Crippen LogP contribution < -0.4 is 0 Å². The lowest BCUT2D eigenvalue weighted by Gasteiger charge is -2.05. The minimum atomic E-state index is -0.356. The topological polar surface area (TPSA) is 25.8 Å². The molecule has 0 aliphatic carbocycles. The van der Waals surface area contributed by atoms with Crippen molar-refractivity contribution in [2.75, 3.05) is 0 Å². The predicted molar refractivity (Wildman–Crippen MR) is 70.6 cm³/mol. The Morgan fingerprint density at radius 2 is 1.94 bits per heavy atom. The second-order valence-corrected chi connectivity index (χ2v) is 4.66. The van der Waals surface area contributed by atoms with E-state index in [1.807, 2.05) is 6.92 Å². The maximum atomic E-state index is 12.9. The van der Waals surface area contributed by atoms with Crippen LogP contribution in [0.4, 0.5) is 4.39 Å². The molecular weight excluding hydrogens is 274 g/mol. The van der Waals surface area contributed by atoms with Gasteiger partial charge in [0.05, 0.1) is 0 Å². The van der Waals surface area contributed by atoms with E-state index in [4.69, 9.17) is 23.2 Å². The van der Waals surface area contributed by atoms with E-state index in [1.165, 1.54) is 12.1 Å². The van der Waals surface area contributed by atoms with Gasteiger partial charge in [0.25, 0.3) is 0 Å². The van der Waals surface area contributed by atoms with Gasteiger partial charge >= 0.3 is 0 Å². The molecule has 2 rings (SSSR count). The Labute approximate surface area is 115 Å². The van der Waals surface area contributed by atoms with Crippen molar-refractivity contribution < 1.29 is 4.39 Å². The summed E-state index contributed by atoms with van der Waals surface area (Å²) in [5, 5.41) is 0.784. The molecule has 1 heterocycles. The molecule has 0 atom stereocenters. The highest BCUT2D eigenvalue weighted by Gasteiger charge is 2.07. The highest BCUT2D eigenvalue weighted by Crippen LogP contribution is 2.20. The number of halogens is 3. The van der Waals surface area contributed by atoms with E-state index in [-0.39, 0.29) is 5.82 Å². The van der Waals surface area contributed by atoms with Gasteiger partial charge in [-0.05, 0) is 30.2 Å². The Morgan fingerprint density at radius 1 is 1.17 bits per heavy atom. The van der Waals surface area contributed by atoms with E-state index in [0.717, 1.165) is 17.7 Å². The minimum Gasteiger partial charge on any atom is -0.237 e. The largest absolute Gasteiger partial charge is 0.237 e. The number of aromatic nitrogens is 2. The minimum absolute atomic E-state index is 0.356. The van der Waals surface area contributed by atoms with Gasteiger partial charge in [-0.25, -0.2) is 14.4 Å². The van der Waals surface area contributed by atoms with Crippen LogP contribution in [0, 0.1) is 5.82 Å².